The molecule has 0 heterocycles. The maximum Gasteiger partial charge on any atom is 0.224 e. The molecule has 0 radical (unpaired) electrons. The second kappa shape index (κ2) is 7.68. The van der Waals surface area contributed by atoms with Gasteiger partial charge in [0.25, 0.3) is 0 Å². The number of hydrogen-bond acceptors (Lipinski definition) is 4. The smallest absolute Gasteiger partial charge is 0.224 e. The van der Waals surface area contributed by atoms with Crippen LogP contribution in [0.5, 0.6) is 5.75 Å². The lowest BCUT2D eigenvalue weighted by atomic mass is 10.1. The summed E-state index contributed by atoms with van der Waals surface area (Å²) in [6, 6.07) is 6.93. The highest BCUT2D eigenvalue weighted by molar-refractivity contribution is 5.78. The SMILES string of the molecule is COCC(CO)NC(=O)Cc1ccc(OC)cc1. The van der Waals surface area contributed by atoms with E-state index in [2.05, 4.69) is 5.32 Å². The summed E-state index contributed by atoms with van der Waals surface area (Å²) in [5.41, 5.74) is 0.891. The fourth-order valence-corrected chi connectivity index (χ4v) is 1.55. The zero-order valence-electron chi connectivity index (χ0n) is 10.7. The highest BCUT2D eigenvalue weighted by Gasteiger charge is 2.11. The molecule has 0 bridgehead atoms. The van der Waals surface area contributed by atoms with Crippen LogP contribution in [0.4, 0.5) is 0 Å². The topological polar surface area (TPSA) is 67.8 Å². The predicted molar refractivity (Wildman–Crippen MR) is 67.6 cm³/mol. The first kappa shape index (κ1) is 14.5. The maximum atomic E-state index is 11.7. The number of aliphatic hydroxyl groups excluding tert-OH is 1. The van der Waals surface area contributed by atoms with Crippen molar-refractivity contribution in [2.75, 3.05) is 27.4 Å². The van der Waals surface area contributed by atoms with Gasteiger partial charge in [-0.15, -0.1) is 0 Å². The van der Waals surface area contributed by atoms with Gasteiger partial charge in [0.1, 0.15) is 5.75 Å². The number of ether oxygens (including phenoxy) is 2. The lowest BCUT2D eigenvalue weighted by Gasteiger charge is -2.15. The summed E-state index contributed by atoms with van der Waals surface area (Å²) in [4.78, 5) is 11.7. The van der Waals surface area contributed by atoms with Gasteiger partial charge in [-0.05, 0) is 17.7 Å². The molecule has 1 aromatic carbocycles. The summed E-state index contributed by atoms with van der Waals surface area (Å²) < 4.78 is 9.92. The third-order valence-corrected chi connectivity index (χ3v) is 2.48. The Balaban J connectivity index is 2.47. The van der Waals surface area contributed by atoms with Gasteiger partial charge in [0.15, 0.2) is 0 Å². The van der Waals surface area contributed by atoms with Gasteiger partial charge >= 0.3 is 0 Å². The molecule has 0 spiro atoms. The predicted octanol–water partition coefficient (Wildman–Crippen LogP) is 0.361. The average Bonchev–Trinajstić information content (AvgIpc) is 2.39. The van der Waals surface area contributed by atoms with Gasteiger partial charge in [-0.2, -0.15) is 0 Å². The van der Waals surface area contributed by atoms with Crippen molar-refractivity contribution in [1.82, 2.24) is 5.32 Å². The molecule has 5 heteroatoms. The van der Waals surface area contributed by atoms with Crippen molar-refractivity contribution in [3.63, 3.8) is 0 Å². The van der Waals surface area contributed by atoms with Gasteiger partial charge in [0.05, 0.1) is 32.8 Å². The van der Waals surface area contributed by atoms with Crippen LogP contribution in [-0.4, -0.2) is 44.5 Å². The van der Waals surface area contributed by atoms with Crippen molar-refractivity contribution >= 4 is 5.91 Å². The molecule has 0 aliphatic carbocycles. The molecule has 100 valence electrons. The average molecular weight is 253 g/mol. The summed E-state index contributed by atoms with van der Waals surface area (Å²) in [5, 5.41) is 11.7. The van der Waals surface area contributed by atoms with E-state index in [-0.39, 0.29) is 25.0 Å². The van der Waals surface area contributed by atoms with Crippen molar-refractivity contribution < 1.29 is 19.4 Å². The number of rotatable bonds is 7. The van der Waals surface area contributed by atoms with Gasteiger partial charge in [0.2, 0.25) is 5.91 Å². The van der Waals surface area contributed by atoms with Crippen LogP contribution in [0.2, 0.25) is 0 Å². The minimum atomic E-state index is -0.360. The monoisotopic (exact) mass is 253 g/mol. The number of methoxy groups -OCH3 is 2. The molecule has 0 saturated carbocycles. The molecule has 1 amide bonds. The van der Waals surface area contributed by atoms with Gasteiger partial charge in [-0.3, -0.25) is 4.79 Å². The van der Waals surface area contributed by atoms with E-state index in [0.29, 0.717) is 6.61 Å². The molecular formula is C13H19NO4. The molecule has 0 aliphatic rings. The van der Waals surface area contributed by atoms with Crippen LogP contribution in [0, 0.1) is 0 Å². The summed E-state index contributed by atoms with van der Waals surface area (Å²) in [5.74, 6) is 0.614. The van der Waals surface area contributed by atoms with Crippen LogP contribution < -0.4 is 10.1 Å². The minimum Gasteiger partial charge on any atom is -0.497 e. The van der Waals surface area contributed by atoms with Gasteiger partial charge in [0, 0.05) is 7.11 Å². The third-order valence-electron chi connectivity index (χ3n) is 2.48. The number of carbonyl (C=O) groups excluding carboxylic acids is 1. The summed E-state index contributed by atoms with van der Waals surface area (Å²) >= 11 is 0. The molecule has 5 nitrogen and oxygen atoms in total. The minimum absolute atomic E-state index is 0.137. The Kier molecular flexibility index (Phi) is 6.18. The maximum absolute atomic E-state index is 11.7. The van der Waals surface area contributed by atoms with E-state index in [1.165, 1.54) is 7.11 Å². The molecule has 0 aromatic heterocycles. The molecule has 1 atom stereocenters. The zero-order valence-corrected chi connectivity index (χ0v) is 10.7. The number of aliphatic hydroxyl groups is 1. The van der Waals surface area contributed by atoms with Crippen molar-refractivity contribution in [1.29, 1.82) is 0 Å². The van der Waals surface area contributed by atoms with Crippen molar-refractivity contribution in [3.05, 3.63) is 29.8 Å². The summed E-state index contributed by atoms with van der Waals surface area (Å²) in [6.07, 6.45) is 0.268. The van der Waals surface area contributed by atoms with E-state index in [0.717, 1.165) is 11.3 Å². The van der Waals surface area contributed by atoms with E-state index in [9.17, 15) is 4.79 Å². The number of amides is 1. The van der Waals surface area contributed by atoms with Gasteiger partial charge in [-0.25, -0.2) is 0 Å². The zero-order chi connectivity index (χ0) is 13.4. The molecule has 2 N–H and O–H groups in total. The standard InChI is InChI=1S/C13H19NO4/c1-17-9-11(8-15)14-13(16)7-10-3-5-12(18-2)6-4-10/h3-6,11,15H,7-9H2,1-2H3,(H,14,16). The first-order chi connectivity index (χ1) is 8.69. The first-order valence-corrected chi connectivity index (χ1v) is 5.71. The van der Waals surface area contributed by atoms with Crippen LogP contribution in [0.1, 0.15) is 5.56 Å². The lowest BCUT2D eigenvalue weighted by molar-refractivity contribution is -0.121. The van der Waals surface area contributed by atoms with E-state index in [1.807, 2.05) is 12.1 Å². The fourth-order valence-electron chi connectivity index (χ4n) is 1.55. The molecule has 0 aliphatic heterocycles. The molecule has 18 heavy (non-hydrogen) atoms. The Morgan fingerprint density at radius 2 is 2.00 bits per heavy atom. The molecule has 1 unspecified atom stereocenters. The van der Waals surface area contributed by atoms with E-state index >= 15 is 0 Å². The van der Waals surface area contributed by atoms with E-state index in [4.69, 9.17) is 14.6 Å². The number of nitrogens with one attached hydrogen (secondary N) is 1. The summed E-state index contributed by atoms with van der Waals surface area (Å²) in [6.45, 7) is 0.160. The van der Waals surface area contributed by atoms with Crippen LogP contribution >= 0.6 is 0 Å². The Morgan fingerprint density at radius 1 is 1.33 bits per heavy atom. The van der Waals surface area contributed by atoms with Crippen molar-refractivity contribution in [3.8, 4) is 5.75 Å². The molecular weight excluding hydrogens is 234 g/mol. The number of benzene rings is 1. The highest BCUT2D eigenvalue weighted by atomic mass is 16.5. The van der Waals surface area contributed by atoms with E-state index < -0.39 is 0 Å². The Hall–Kier alpha value is -1.59. The summed E-state index contributed by atoms with van der Waals surface area (Å²) in [7, 11) is 3.12. The fraction of sp³-hybridized carbons (Fsp3) is 0.462. The highest BCUT2D eigenvalue weighted by Crippen LogP contribution is 2.11. The molecule has 1 rings (SSSR count). The number of hydrogen-bond donors (Lipinski definition) is 2. The Bertz CT molecular complexity index is 364. The molecule has 0 saturated heterocycles. The van der Waals surface area contributed by atoms with E-state index in [1.54, 1.807) is 19.2 Å². The quantitative estimate of drug-likeness (QED) is 0.736. The number of carbonyl (C=O) groups is 1. The Morgan fingerprint density at radius 3 is 2.50 bits per heavy atom. The van der Waals surface area contributed by atoms with Crippen molar-refractivity contribution in [2.24, 2.45) is 0 Å². The lowest BCUT2D eigenvalue weighted by Crippen LogP contribution is -2.41. The van der Waals surface area contributed by atoms with Crippen LogP contribution in [0.15, 0.2) is 24.3 Å². The molecule has 0 fully saturated rings. The third kappa shape index (κ3) is 4.73. The molecule has 1 aromatic rings. The van der Waals surface area contributed by atoms with Gasteiger partial charge in [-0.1, -0.05) is 12.1 Å². The van der Waals surface area contributed by atoms with Crippen molar-refractivity contribution in [2.45, 2.75) is 12.5 Å². The van der Waals surface area contributed by atoms with Gasteiger partial charge < -0.3 is 19.9 Å². The van der Waals surface area contributed by atoms with Crippen LogP contribution in [0.3, 0.4) is 0 Å². The second-order valence-corrected chi connectivity index (χ2v) is 3.93. The van der Waals surface area contributed by atoms with Crippen LogP contribution in [-0.2, 0) is 16.0 Å². The Labute approximate surface area is 107 Å². The first-order valence-electron chi connectivity index (χ1n) is 5.71. The second-order valence-electron chi connectivity index (χ2n) is 3.93. The van der Waals surface area contributed by atoms with Crippen LogP contribution in [0.25, 0.3) is 0 Å². The normalized spacial score (nSPS) is 11.9. The largest absolute Gasteiger partial charge is 0.497 e.